The van der Waals surface area contributed by atoms with Gasteiger partial charge in [0, 0.05) is 0 Å². The van der Waals surface area contributed by atoms with E-state index >= 15 is 4.39 Å². The van der Waals surface area contributed by atoms with Gasteiger partial charge in [0.25, 0.3) is 0 Å². The Morgan fingerprint density at radius 2 is 1.24 bits per heavy atom. The van der Waals surface area contributed by atoms with Gasteiger partial charge < -0.3 is 9.47 Å². The zero-order valence-electron chi connectivity index (χ0n) is 23.0. The Labute approximate surface area is 235 Å². The molecule has 3 aromatic carbocycles. The van der Waals surface area contributed by atoms with Gasteiger partial charge in [0.15, 0.2) is 34.8 Å². The molecular formula is C32H32F6O3. The summed E-state index contributed by atoms with van der Waals surface area (Å²) in [5.74, 6) is -10.4. The summed E-state index contributed by atoms with van der Waals surface area (Å²) in [5, 5.41) is 0. The molecule has 1 aliphatic rings. The molecule has 0 bridgehead atoms. The molecule has 0 spiro atoms. The fourth-order valence-electron chi connectivity index (χ4n) is 5.30. The molecule has 0 heterocycles. The molecule has 4 rings (SSSR count). The fourth-order valence-corrected chi connectivity index (χ4v) is 5.30. The summed E-state index contributed by atoms with van der Waals surface area (Å²) < 4.78 is 97.6. The van der Waals surface area contributed by atoms with Crippen LogP contribution in [0.1, 0.15) is 97.2 Å². The van der Waals surface area contributed by atoms with E-state index < -0.39 is 52.2 Å². The number of unbranched alkanes of at least 4 members (excludes halogenated alkanes) is 3. The van der Waals surface area contributed by atoms with Crippen LogP contribution in [0.4, 0.5) is 26.3 Å². The number of aryl methyl sites for hydroxylation is 1. The van der Waals surface area contributed by atoms with Crippen molar-refractivity contribution in [2.45, 2.75) is 77.0 Å². The fraction of sp³-hybridized carbons (Fsp3) is 0.406. The average Bonchev–Trinajstić information content (AvgIpc) is 2.96. The van der Waals surface area contributed by atoms with Crippen molar-refractivity contribution in [3.8, 4) is 11.5 Å². The lowest BCUT2D eigenvalue weighted by atomic mass is 9.75. The number of hydrogen-bond donors (Lipinski definition) is 0. The maximum absolute atomic E-state index is 15.0. The van der Waals surface area contributed by atoms with Crippen LogP contribution in [0.15, 0.2) is 36.4 Å². The van der Waals surface area contributed by atoms with E-state index in [0.717, 1.165) is 37.5 Å². The van der Waals surface area contributed by atoms with Crippen molar-refractivity contribution in [2.24, 2.45) is 0 Å². The monoisotopic (exact) mass is 578 g/mol. The largest absolute Gasteiger partial charge is 0.490 e. The Morgan fingerprint density at radius 3 is 1.88 bits per heavy atom. The van der Waals surface area contributed by atoms with Crippen LogP contribution in [0, 0.1) is 41.8 Å². The molecule has 0 saturated heterocycles. The van der Waals surface area contributed by atoms with Crippen molar-refractivity contribution in [1.82, 2.24) is 0 Å². The molecule has 3 nitrogen and oxygen atoms in total. The van der Waals surface area contributed by atoms with Crippen molar-refractivity contribution in [3.05, 3.63) is 93.6 Å². The zero-order chi connectivity index (χ0) is 29.7. The van der Waals surface area contributed by atoms with E-state index in [0.29, 0.717) is 32.1 Å². The molecular weight excluding hydrogens is 546 g/mol. The highest BCUT2D eigenvalue weighted by atomic mass is 19.2. The van der Waals surface area contributed by atoms with Gasteiger partial charge >= 0.3 is 5.97 Å². The quantitative estimate of drug-likeness (QED) is 0.104. The van der Waals surface area contributed by atoms with Crippen molar-refractivity contribution in [1.29, 1.82) is 0 Å². The zero-order valence-corrected chi connectivity index (χ0v) is 23.0. The topological polar surface area (TPSA) is 35.5 Å². The third-order valence-electron chi connectivity index (χ3n) is 7.71. The first-order valence-electron chi connectivity index (χ1n) is 13.9. The Balaban J connectivity index is 1.41. The highest BCUT2D eigenvalue weighted by molar-refractivity contribution is 5.91. The lowest BCUT2D eigenvalue weighted by molar-refractivity contribution is 0.0720. The number of ether oxygens (including phenoxy) is 2. The van der Waals surface area contributed by atoms with E-state index in [1.54, 1.807) is 6.07 Å². The summed E-state index contributed by atoms with van der Waals surface area (Å²) in [6, 6.07) is 7.48. The van der Waals surface area contributed by atoms with E-state index in [1.807, 2.05) is 6.92 Å². The minimum Gasteiger partial charge on any atom is -0.490 e. The number of carbonyl (C=O) groups is 1. The van der Waals surface area contributed by atoms with Gasteiger partial charge in [-0.05, 0) is 85.8 Å². The molecule has 1 fully saturated rings. The Morgan fingerprint density at radius 1 is 0.683 bits per heavy atom. The molecule has 0 aliphatic heterocycles. The smallest absolute Gasteiger partial charge is 0.346 e. The molecule has 9 heteroatoms. The van der Waals surface area contributed by atoms with Gasteiger partial charge in [-0.15, -0.1) is 0 Å². The number of esters is 1. The van der Waals surface area contributed by atoms with E-state index in [-0.39, 0.29) is 40.9 Å². The second kappa shape index (κ2) is 13.4. The van der Waals surface area contributed by atoms with Gasteiger partial charge in [-0.1, -0.05) is 44.4 Å². The van der Waals surface area contributed by atoms with Crippen LogP contribution < -0.4 is 9.47 Å². The maximum atomic E-state index is 15.0. The van der Waals surface area contributed by atoms with E-state index in [2.05, 4.69) is 0 Å². The van der Waals surface area contributed by atoms with Gasteiger partial charge in [0.05, 0.1) is 12.2 Å². The number of benzene rings is 3. The molecule has 0 atom stereocenters. The average molecular weight is 579 g/mol. The summed E-state index contributed by atoms with van der Waals surface area (Å²) >= 11 is 0. The van der Waals surface area contributed by atoms with E-state index in [4.69, 9.17) is 9.47 Å². The Kier molecular flexibility index (Phi) is 9.99. The van der Waals surface area contributed by atoms with Crippen LogP contribution in [0.25, 0.3) is 0 Å². The first-order valence-corrected chi connectivity index (χ1v) is 13.9. The molecule has 1 saturated carbocycles. The number of carbonyl (C=O) groups excluding carboxylic acids is 1. The highest BCUT2D eigenvalue weighted by Crippen LogP contribution is 2.43. The first-order chi connectivity index (χ1) is 19.6. The van der Waals surface area contributed by atoms with Crippen LogP contribution in [0.5, 0.6) is 11.5 Å². The molecule has 0 radical (unpaired) electrons. The number of hydrogen-bond acceptors (Lipinski definition) is 3. The number of rotatable bonds is 10. The summed E-state index contributed by atoms with van der Waals surface area (Å²) in [6.07, 6.45) is 5.25. The van der Waals surface area contributed by atoms with E-state index in [1.165, 1.54) is 19.1 Å². The van der Waals surface area contributed by atoms with Crippen molar-refractivity contribution in [3.63, 3.8) is 0 Å². The summed E-state index contributed by atoms with van der Waals surface area (Å²) in [7, 11) is 0. The lowest BCUT2D eigenvalue weighted by Gasteiger charge is -2.29. The predicted octanol–water partition coefficient (Wildman–Crippen LogP) is 9.45. The molecule has 1 aliphatic carbocycles. The Bertz CT molecular complexity index is 1400. The minimum atomic E-state index is -1.51. The number of halogens is 6. The Hall–Kier alpha value is -3.49. The second-order valence-corrected chi connectivity index (χ2v) is 10.5. The molecule has 0 aromatic heterocycles. The van der Waals surface area contributed by atoms with Crippen LogP contribution in [-0.4, -0.2) is 12.6 Å². The SMILES string of the molecule is CCCCCCOc1ccc(C(=O)Oc2ccc(C3CCC(c4ccc(C)c(F)c4F)CC3)c(F)c2F)c(F)c1F. The summed E-state index contributed by atoms with van der Waals surface area (Å²) in [4.78, 5) is 12.5. The second-order valence-electron chi connectivity index (χ2n) is 10.5. The molecule has 220 valence electrons. The van der Waals surface area contributed by atoms with Gasteiger partial charge in [-0.25, -0.2) is 22.4 Å². The summed E-state index contributed by atoms with van der Waals surface area (Å²) in [5.41, 5.74) is -0.238. The minimum absolute atomic E-state index is 0.0639. The molecule has 0 N–H and O–H groups in total. The van der Waals surface area contributed by atoms with Crippen molar-refractivity contribution in [2.75, 3.05) is 6.61 Å². The van der Waals surface area contributed by atoms with Gasteiger partial charge in [0.1, 0.15) is 0 Å². The van der Waals surface area contributed by atoms with Crippen molar-refractivity contribution < 1.29 is 40.6 Å². The standard InChI is InChI=1S/C32H32F6O3/c1-3-4-5-6-17-40-24-15-14-23(29(36)30(24)37)32(39)41-25-16-13-22(28(35)31(25)38)20-10-8-19(9-11-20)21-12-7-18(2)26(33)27(21)34/h7,12-16,19-20H,3-6,8-11,17H2,1-2H3. The van der Waals surface area contributed by atoms with Crippen LogP contribution in [0.3, 0.4) is 0 Å². The van der Waals surface area contributed by atoms with Crippen molar-refractivity contribution >= 4 is 5.97 Å². The third kappa shape index (κ3) is 6.71. The van der Waals surface area contributed by atoms with E-state index in [9.17, 15) is 26.7 Å². The van der Waals surface area contributed by atoms with Gasteiger partial charge in [-0.3, -0.25) is 0 Å². The normalized spacial score (nSPS) is 17.0. The first kappa shape index (κ1) is 30.5. The predicted molar refractivity (Wildman–Crippen MR) is 142 cm³/mol. The maximum Gasteiger partial charge on any atom is 0.346 e. The molecule has 41 heavy (non-hydrogen) atoms. The van der Waals surface area contributed by atoms with Crippen LogP contribution in [-0.2, 0) is 0 Å². The highest BCUT2D eigenvalue weighted by Gasteiger charge is 2.30. The lowest BCUT2D eigenvalue weighted by Crippen LogP contribution is -2.16. The molecule has 0 unspecified atom stereocenters. The summed E-state index contributed by atoms with van der Waals surface area (Å²) in [6.45, 7) is 3.70. The van der Waals surface area contributed by atoms with Gasteiger partial charge in [0.2, 0.25) is 11.6 Å². The van der Waals surface area contributed by atoms with Gasteiger partial charge in [-0.2, -0.15) is 8.78 Å². The third-order valence-corrected chi connectivity index (χ3v) is 7.71. The molecule has 3 aromatic rings. The molecule has 0 amide bonds. The van der Waals surface area contributed by atoms with Crippen LogP contribution in [0.2, 0.25) is 0 Å². The van der Waals surface area contributed by atoms with Crippen LogP contribution >= 0.6 is 0 Å².